The molecule has 1 N–H and O–H groups in total. The fourth-order valence-electron chi connectivity index (χ4n) is 2.61. The fourth-order valence-corrected chi connectivity index (χ4v) is 2.61. The highest BCUT2D eigenvalue weighted by Crippen LogP contribution is 2.14. The van der Waals surface area contributed by atoms with Gasteiger partial charge in [0.15, 0.2) is 0 Å². The minimum absolute atomic E-state index is 0.262. The van der Waals surface area contributed by atoms with Gasteiger partial charge in [0.25, 0.3) is 0 Å². The first-order chi connectivity index (χ1) is 12.2. The molecule has 0 aromatic heterocycles. The van der Waals surface area contributed by atoms with Gasteiger partial charge >= 0.3 is 5.97 Å². The summed E-state index contributed by atoms with van der Waals surface area (Å²) in [6.07, 6.45) is 9.79. The molecule has 0 bridgehead atoms. The Morgan fingerprint density at radius 3 is 2.28 bits per heavy atom. The molecule has 25 heavy (non-hydrogen) atoms. The Labute approximate surface area is 152 Å². The average Bonchev–Trinajstić information content (AvgIpc) is 2.61. The van der Waals surface area contributed by atoms with Crippen LogP contribution >= 0.6 is 0 Å². The highest BCUT2D eigenvalue weighted by atomic mass is 16.5. The van der Waals surface area contributed by atoms with Gasteiger partial charge in [-0.05, 0) is 49.8 Å². The summed E-state index contributed by atoms with van der Waals surface area (Å²) >= 11 is 0. The Kier molecular flexibility index (Phi) is 12.7. The molecule has 0 aliphatic heterocycles. The zero-order valence-corrected chi connectivity index (χ0v) is 15.7. The number of unbranched alkanes of at least 4 members (excludes halogenated alkanes) is 5. The van der Waals surface area contributed by atoms with E-state index < -0.39 is 5.97 Å². The van der Waals surface area contributed by atoms with Crippen molar-refractivity contribution < 1.29 is 19.4 Å². The van der Waals surface area contributed by atoms with Crippen LogP contribution in [0.4, 0.5) is 0 Å². The van der Waals surface area contributed by atoms with E-state index in [0.29, 0.717) is 0 Å². The van der Waals surface area contributed by atoms with Crippen molar-refractivity contribution in [3.63, 3.8) is 0 Å². The number of carboxylic acids is 1. The molecule has 0 saturated carbocycles. The molecule has 1 aromatic rings. The van der Waals surface area contributed by atoms with Crippen LogP contribution in [0.3, 0.4) is 0 Å². The van der Waals surface area contributed by atoms with E-state index in [1.165, 1.54) is 24.8 Å². The van der Waals surface area contributed by atoms with E-state index in [0.717, 1.165) is 64.1 Å². The Morgan fingerprint density at radius 1 is 0.880 bits per heavy atom. The second-order valence-corrected chi connectivity index (χ2v) is 6.47. The summed E-state index contributed by atoms with van der Waals surface area (Å²) in [7, 11) is 0. The van der Waals surface area contributed by atoms with Gasteiger partial charge in [0.05, 0.1) is 6.61 Å². The number of aryl methyl sites for hydroxylation is 1. The average molecular weight is 350 g/mol. The van der Waals surface area contributed by atoms with Crippen LogP contribution in [-0.2, 0) is 16.0 Å². The minimum atomic E-state index is -0.714. The predicted molar refractivity (Wildman–Crippen MR) is 101 cm³/mol. The first-order valence-electron chi connectivity index (χ1n) is 9.73. The summed E-state index contributed by atoms with van der Waals surface area (Å²) in [6, 6.07) is 8.37. The van der Waals surface area contributed by atoms with Crippen LogP contribution in [0.5, 0.6) is 5.75 Å². The summed E-state index contributed by atoms with van der Waals surface area (Å²) in [5.74, 6) is 0.242. The zero-order valence-electron chi connectivity index (χ0n) is 15.7. The second kappa shape index (κ2) is 14.8. The van der Waals surface area contributed by atoms with E-state index in [2.05, 4.69) is 31.2 Å². The van der Waals surface area contributed by atoms with Crippen molar-refractivity contribution in [2.75, 3.05) is 19.8 Å². The van der Waals surface area contributed by atoms with Crippen LogP contribution in [0.15, 0.2) is 24.3 Å². The maximum Gasteiger partial charge on any atom is 0.303 e. The Bertz CT molecular complexity index is 442. The van der Waals surface area contributed by atoms with Gasteiger partial charge in [0.2, 0.25) is 0 Å². The summed E-state index contributed by atoms with van der Waals surface area (Å²) in [5, 5.41) is 8.55. The van der Waals surface area contributed by atoms with E-state index in [-0.39, 0.29) is 6.42 Å². The summed E-state index contributed by atoms with van der Waals surface area (Å²) in [6.45, 7) is 4.51. The van der Waals surface area contributed by atoms with Crippen molar-refractivity contribution in [3.8, 4) is 5.75 Å². The largest absolute Gasteiger partial charge is 0.494 e. The predicted octanol–water partition coefficient (Wildman–Crippen LogP) is 5.24. The van der Waals surface area contributed by atoms with Gasteiger partial charge in [-0.25, -0.2) is 0 Å². The minimum Gasteiger partial charge on any atom is -0.494 e. The first kappa shape index (κ1) is 21.5. The van der Waals surface area contributed by atoms with Gasteiger partial charge in [0.1, 0.15) is 5.75 Å². The number of hydrogen-bond donors (Lipinski definition) is 1. The van der Waals surface area contributed by atoms with Crippen LogP contribution in [0.2, 0.25) is 0 Å². The van der Waals surface area contributed by atoms with Crippen molar-refractivity contribution in [2.24, 2.45) is 0 Å². The third kappa shape index (κ3) is 12.5. The van der Waals surface area contributed by atoms with E-state index in [1.807, 2.05) is 0 Å². The number of benzene rings is 1. The molecule has 0 fully saturated rings. The molecule has 0 aliphatic carbocycles. The second-order valence-electron chi connectivity index (χ2n) is 6.47. The summed E-state index contributed by atoms with van der Waals surface area (Å²) in [5.41, 5.74) is 1.31. The molecule has 1 aromatic carbocycles. The van der Waals surface area contributed by atoms with Crippen LogP contribution < -0.4 is 4.74 Å². The zero-order chi connectivity index (χ0) is 18.2. The lowest BCUT2D eigenvalue weighted by atomic mass is 10.1. The topological polar surface area (TPSA) is 55.8 Å². The molecule has 4 nitrogen and oxygen atoms in total. The van der Waals surface area contributed by atoms with Gasteiger partial charge in [-0.2, -0.15) is 0 Å². The number of carboxylic acid groups (broad SMARTS) is 1. The molecule has 0 heterocycles. The lowest BCUT2D eigenvalue weighted by Crippen LogP contribution is -2.00. The van der Waals surface area contributed by atoms with Gasteiger partial charge in [-0.15, -0.1) is 0 Å². The highest BCUT2D eigenvalue weighted by molar-refractivity contribution is 5.66. The van der Waals surface area contributed by atoms with Gasteiger partial charge < -0.3 is 14.6 Å². The Morgan fingerprint density at radius 2 is 1.56 bits per heavy atom. The highest BCUT2D eigenvalue weighted by Gasteiger charge is 1.98. The SMILES string of the molecule is CCCCCCOc1ccc(CCCOCCCCCC(=O)O)cc1. The van der Waals surface area contributed by atoms with E-state index >= 15 is 0 Å². The van der Waals surface area contributed by atoms with Gasteiger partial charge in [0, 0.05) is 19.6 Å². The summed E-state index contributed by atoms with van der Waals surface area (Å²) < 4.78 is 11.4. The molecular formula is C21H34O4. The van der Waals surface area contributed by atoms with Crippen LogP contribution in [0, 0.1) is 0 Å². The quantitative estimate of drug-likeness (QED) is 0.414. The lowest BCUT2D eigenvalue weighted by Gasteiger charge is -2.07. The maximum atomic E-state index is 10.4. The third-order valence-corrected chi connectivity index (χ3v) is 4.12. The standard InChI is InChI=1S/C21H34O4/c1-2-3-4-8-18-25-20-14-12-19(13-15-20)10-9-17-24-16-7-5-6-11-21(22)23/h12-15H,2-11,16-18H2,1H3,(H,22,23). The van der Waals surface area contributed by atoms with E-state index in [4.69, 9.17) is 14.6 Å². The number of aliphatic carboxylic acids is 1. The Hall–Kier alpha value is -1.55. The third-order valence-electron chi connectivity index (χ3n) is 4.12. The van der Waals surface area contributed by atoms with Crippen molar-refractivity contribution in [2.45, 2.75) is 71.1 Å². The summed E-state index contributed by atoms with van der Waals surface area (Å²) in [4.78, 5) is 10.4. The van der Waals surface area contributed by atoms with Crippen LogP contribution in [0.1, 0.15) is 70.3 Å². The maximum absolute atomic E-state index is 10.4. The van der Waals surface area contributed by atoms with Crippen molar-refractivity contribution in [1.82, 2.24) is 0 Å². The van der Waals surface area contributed by atoms with Crippen molar-refractivity contribution in [1.29, 1.82) is 0 Å². The number of hydrogen-bond acceptors (Lipinski definition) is 3. The van der Waals surface area contributed by atoms with E-state index in [1.54, 1.807) is 0 Å². The molecular weight excluding hydrogens is 316 g/mol. The smallest absolute Gasteiger partial charge is 0.303 e. The molecule has 0 radical (unpaired) electrons. The van der Waals surface area contributed by atoms with E-state index in [9.17, 15) is 4.79 Å². The molecule has 1 rings (SSSR count). The molecule has 0 amide bonds. The molecule has 0 saturated heterocycles. The molecule has 0 atom stereocenters. The van der Waals surface area contributed by atoms with Crippen molar-refractivity contribution in [3.05, 3.63) is 29.8 Å². The molecule has 142 valence electrons. The van der Waals surface area contributed by atoms with Crippen LogP contribution in [0.25, 0.3) is 0 Å². The molecule has 4 heteroatoms. The monoisotopic (exact) mass is 350 g/mol. The number of rotatable bonds is 16. The molecule has 0 aliphatic rings. The fraction of sp³-hybridized carbons (Fsp3) is 0.667. The van der Waals surface area contributed by atoms with Gasteiger partial charge in [-0.3, -0.25) is 4.79 Å². The normalized spacial score (nSPS) is 10.8. The van der Waals surface area contributed by atoms with Gasteiger partial charge in [-0.1, -0.05) is 44.7 Å². The number of carbonyl (C=O) groups is 1. The lowest BCUT2D eigenvalue weighted by molar-refractivity contribution is -0.137. The molecule has 0 spiro atoms. The van der Waals surface area contributed by atoms with Crippen molar-refractivity contribution >= 4 is 5.97 Å². The van der Waals surface area contributed by atoms with Crippen LogP contribution in [-0.4, -0.2) is 30.9 Å². The molecule has 0 unspecified atom stereocenters. The first-order valence-corrected chi connectivity index (χ1v) is 9.73. The number of ether oxygens (including phenoxy) is 2. The Balaban J connectivity index is 1.99.